The average molecular weight is 303 g/mol. The van der Waals surface area contributed by atoms with E-state index in [9.17, 15) is 0 Å². The molecule has 0 saturated heterocycles. The third-order valence-corrected chi connectivity index (χ3v) is 4.68. The number of hydrogen-bond donors (Lipinski definition) is 1. The van der Waals surface area contributed by atoms with Gasteiger partial charge in [-0.25, -0.2) is 4.68 Å². The molecule has 1 N–H and O–H groups in total. The molecule has 3 rings (SSSR count). The van der Waals surface area contributed by atoms with Crippen LogP contribution >= 0.6 is 11.8 Å². The van der Waals surface area contributed by atoms with E-state index >= 15 is 0 Å². The van der Waals surface area contributed by atoms with Gasteiger partial charge in [-0.05, 0) is 72.1 Å². The second-order valence-corrected chi connectivity index (χ2v) is 6.52. The Bertz CT molecular complexity index is 606. The lowest BCUT2D eigenvalue weighted by Crippen LogP contribution is -2.13. The molecule has 1 aliphatic carbocycles. The van der Waals surface area contributed by atoms with E-state index in [1.54, 1.807) is 11.8 Å². The average Bonchev–Trinajstić information content (AvgIpc) is 3.22. The molecule has 1 aliphatic rings. The summed E-state index contributed by atoms with van der Waals surface area (Å²) in [5.74, 6) is 0. The van der Waals surface area contributed by atoms with Crippen molar-refractivity contribution in [3.05, 3.63) is 29.3 Å². The highest BCUT2D eigenvalue weighted by Crippen LogP contribution is 2.38. The molecule has 0 aliphatic heterocycles. The molecule has 0 bridgehead atoms. The van der Waals surface area contributed by atoms with Crippen LogP contribution in [0.3, 0.4) is 0 Å². The number of hydrogen-bond acceptors (Lipinski definition) is 5. The molecular formula is C15H21N5S. The van der Waals surface area contributed by atoms with E-state index in [1.807, 2.05) is 4.68 Å². The summed E-state index contributed by atoms with van der Waals surface area (Å²) >= 11 is 1.66. The molecular weight excluding hydrogens is 282 g/mol. The Labute approximate surface area is 129 Å². The second-order valence-electron chi connectivity index (χ2n) is 5.52. The van der Waals surface area contributed by atoms with Crippen LogP contribution in [-0.4, -0.2) is 26.8 Å². The Balaban J connectivity index is 1.69. The van der Waals surface area contributed by atoms with Crippen molar-refractivity contribution in [1.82, 2.24) is 25.5 Å². The van der Waals surface area contributed by atoms with Gasteiger partial charge in [0, 0.05) is 11.4 Å². The molecule has 2 aromatic rings. The van der Waals surface area contributed by atoms with Gasteiger partial charge in [0.1, 0.15) is 0 Å². The maximum Gasteiger partial charge on any atom is 0.214 e. The highest BCUT2D eigenvalue weighted by molar-refractivity contribution is 7.99. The lowest BCUT2D eigenvalue weighted by molar-refractivity contribution is 0.565. The summed E-state index contributed by atoms with van der Waals surface area (Å²) in [6, 6.07) is 7.12. The first-order valence-corrected chi connectivity index (χ1v) is 8.35. The van der Waals surface area contributed by atoms with Crippen LogP contribution in [0, 0.1) is 6.92 Å². The Hall–Kier alpha value is -1.40. The van der Waals surface area contributed by atoms with E-state index in [1.165, 1.54) is 28.9 Å². The summed E-state index contributed by atoms with van der Waals surface area (Å²) in [5, 5.41) is 16.4. The van der Waals surface area contributed by atoms with Gasteiger partial charge in [0.05, 0.1) is 6.04 Å². The van der Waals surface area contributed by atoms with Gasteiger partial charge in [0.15, 0.2) is 0 Å². The Kier molecular flexibility index (Phi) is 4.55. The number of benzene rings is 1. The van der Waals surface area contributed by atoms with E-state index in [2.05, 4.69) is 52.9 Å². The van der Waals surface area contributed by atoms with E-state index < -0.39 is 0 Å². The number of tetrazole rings is 1. The zero-order chi connectivity index (χ0) is 14.7. The molecule has 112 valence electrons. The molecule has 1 saturated carbocycles. The smallest absolute Gasteiger partial charge is 0.214 e. The van der Waals surface area contributed by atoms with Gasteiger partial charge in [-0.2, -0.15) is 0 Å². The quantitative estimate of drug-likeness (QED) is 0.797. The van der Waals surface area contributed by atoms with Gasteiger partial charge in [-0.1, -0.05) is 19.1 Å². The first kappa shape index (κ1) is 14.5. The van der Waals surface area contributed by atoms with Crippen LogP contribution in [0.2, 0.25) is 0 Å². The van der Waals surface area contributed by atoms with Gasteiger partial charge in [0.2, 0.25) is 5.16 Å². The standard InChI is InChI=1S/C15H21N5S/c1-3-8-16-10-12-4-7-14(11(2)9-12)21-15-17-18-19-20(15)13-5-6-13/h4,7,9,13,16H,3,5-6,8,10H2,1-2H3. The van der Waals surface area contributed by atoms with Crippen LogP contribution in [0.1, 0.15) is 43.4 Å². The van der Waals surface area contributed by atoms with Crippen molar-refractivity contribution in [1.29, 1.82) is 0 Å². The van der Waals surface area contributed by atoms with Crippen LogP contribution in [0.4, 0.5) is 0 Å². The highest BCUT2D eigenvalue weighted by Gasteiger charge is 2.28. The highest BCUT2D eigenvalue weighted by atomic mass is 32.2. The molecule has 21 heavy (non-hydrogen) atoms. The van der Waals surface area contributed by atoms with Crippen molar-refractivity contribution in [2.75, 3.05) is 6.54 Å². The number of nitrogens with zero attached hydrogens (tertiary/aromatic N) is 4. The Morgan fingerprint density at radius 2 is 2.24 bits per heavy atom. The van der Waals surface area contributed by atoms with Crippen molar-refractivity contribution < 1.29 is 0 Å². The number of aryl methyl sites for hydroxylation is 1. The van der Waals surface area contributed by atoms with Crippen molar-refractivity contribution in [2.45, 2.75) is 55.7 Å². The largest absolute Gasteiger partial charge is 0.313 e. The van der Waals surface area contributed by atoms with Gasteiger partial charge >= 0.3 is 0 Å². The van der Waals surface area contributed by atoms with E-state index in [0.717, 1.165) is 24.7 Å². The summed E-state index contributed by atoms with van der Waals surface area (Å²) in [6.07, 6.45) is 3.55. The van der Waals surface area contributed by atoms with Gasteiger partial charge in [-0.15, -0.1) is 5.10 Å². The van der Waals surface area contributed by atoms with Crippen LogP contribution in [0.15, 0.2) is 28.3 Å². The van der Waals surface area contributed by atoms with Gasteiger partial charge < -0.3 is 5.32 Å². The monoisotopic (exact) mass is 303 g/mol. The molecule has 1 fully saturated rings. The molecule has 0 radical (unpaired) electrons. The van der Waals surface area contributed by atoms with Gasteiger partial charge in [-0.3, -0.25) is 0 Å². The second kappa shape index (κ2) is 6.58. The minimum absolute atomic E-state index is 0.514. The lowest BCUT2D eigenvalue weighted by atomic mass is 10.1. The topological polar surface area (TPSA) is 55.6 Å². The fourth-order valence-corrected chi connectivity index (χ4v) is 3.15. The first-order valence-electron chi connectivity index (χ1n) is 7.54. The van der Waals surface area contributed by atoms with Crippen LogP contribution < -0.4 is 5.32 Å². The third-order valence-electron chi connectivity index (χ3n) is 3.55. The zero-order valence-corrected chi connectivity index (χ0v) is 13.4. The fourth-order valence-electron chi connectivity index (χ4n) is 2.24. The fraction of sp³-hybridized carbons (Fsp3) is 0.533. The molecule has 0 atom stereocenters. The zero-order valence-electron chi connectivity index (χ0n) is 12.5. The molecule has 1 aromatic heterocycles. The normalized spacial score (nSPS) is 14.6. The first-order chi connectivity index (χ1) is 10.3. The molecule has 5 nitrogen and oxygen atoms in total. The number of nitrogens with one attached hydrogen (secondary N) is 1. The third kappa shape index (κ3) is 3.63. The van der Waals surface area contributed by atoms with Crippen molar-refractivity contribution in [3.63, 3.8) is 0 Å². The van der Waals surface area contributed by atoms with Crippen molar-refractivity contribution in [2.24, 2.45) is 0 Å². The van der Waals surface area contributed by atoms with Crippen LogP contribution in [0.25, 0.3) is 0 Å². The SMILES string of the molecule is CCCNCc1ccc(Sc2nnnn2C2CC2)c(C)c1. The maximum absolute atomic E-state index is 4.15. The van der Waals surface area contributed by atoms with Crippen molar-refractivity contribution >= 4 is 11.8 Å². The summed E-state index contributed by atoms with van der Waals surface area (Å²) in [5.41, 5.74) is 2.60. The molecule has 0 amide bonds. The minimum Gasteiger partial charge on any atom is -0.313 e. The number of aromatic nitrogens is 4. The summed E-state index contributed by atoms with van der Waals surface area (Å²) in [6.45, 7) is 6.32. The summed E-state index contributed by atoms with van der Waals surface area (Å²) < 4.78 is 1.96. The predicted octanol–water partition coefficient (Wildman–Crippen LogP) is 2.97. The predicted molar refractivity (Wildman–Crippen MR) is 83.4 cm³/mol. The molecule has 1 aromatic carbocycles. The van der Waals surface area contributed by atoms with E-state index in [0.29, 0.717) is 6.04 Å². The molecule has 1 heterocycles. The Morgan fingerprint density at radius 3 is 2.95 bits per heavy atom. The van der Waals surface area contributed by atoms with E-state index in [4.69, 9.17) is 0 Å². The van der Waals surface area contributed by atoms with E-state index in [-0.39, 0.29) is 0 Å². The van der Waals surface area contributed by atoms with Crippen molar-refractivity contribution in [3.8, 4) is 0 Å². The molecule has 6 heteroatoms. The number of rotatable bonds is 7. The lowest BCUT2D eigenvalue weighted by Gasteiger charge is -2.09. The Morgan fingerprint density at radius 1 is 1.38 bits per heavy atom. The van der Waals surface area contributed by atoms with Crippen LogP contribution in [-0.2, 0) is 6.54 Å². The minimum atomic E-state index is 0.514. The maximum atomic E-state index is 4.15. The molecule has 0 spiro atoms. The van der Waals surface area contributed by atoms with Crippen LogP contribution in [0.5, 0.6) is 0 Å². The summed E-state index contributed by atoms with van der Waals surface area (Å²) in [4.78, 5) is 1.23. The summed E-state index contributed by atoms with van der Waals surface area (Å²) in [7, 11) is 0. The molecule has 0 unspecified atom stereocenters. The van der Waals surface area contributed by atoms with Gasteiger partial charge in [0.25, 0.3) is 0 Å².